The van der Waals surface area contributed by atoms with Gasteiger partial charge in [-0.1, -0.05) is 23.7 Å². The van der Waals surface area contributed by atoms with E-state index in [1.807, 2.05) is 29.0 Å². The SMILES string of the molecule is O=C(O)c1cccc2ccn(Cc3ccc(Cl)cn3)c12. The van der Waals surface area contributed by atoms with Crippen LogP contribution >= 0.6 is 11.6 Å². The summed E-state index contributed by atoms with van der Waals surface area (Å²) in [5.74, 6) is -0.931. The first-order valence-corrected chi connectivity index (χ1v) is 6.44. The zero-order chi connectivity index (χ0) is 14.1. The van der Waals surface area contributed by atoms with Crippen LogP contribution in [0.5, 0.6) is 0 Å². The summed E-state index contributed by atoms with van der Waals surface area (Å²) < 4.78 is 1.88. The quantitative estimate of drug-likeness (QED) is 0.802. The van der Waals surface area contributed by atoms with Gasteiger partial charge in [0.25, 0.3) is 0 Å². The van der Waals surface area contributed by atoms with Crippen LogP contribution in [-0.4, -0.2) is 20.6 Å². The third-order valence-corrected chi connectivity index (χ3v) is 3.36. The van der Waals surface area contributed by atoms with E-state index in [0.717, 1.165) is 11.1 Å². The molecular formula is C15H11ClN2O2. The smallest absolute Gasteiger partial charge is 0.337 e. The van der Waals surface area contributed by atoms with Crippen molar-refractivity contribution in [1.29, 1.82) is 0 Å². The first-order chi connectivity index (χ1) is 9.65. The highest BCUT2D eigenvalue weighted by Gasteiger charge is 2.12. The Labute approximate surface area is 120 Å². The molecule has 2 aromatic heterocycles. The number of fused-ring (bicyclic) bond motifs is 1. The lowest BCUT2D eigenvalue weighted by Gasteiger charge is -2.07. The lowest BCUT2D eigenvalue weighted by atomic mass is 10.1. The van der Waals surface area contributed by atoms with Crippen LogP contribution in [0, 0.1) is 0 Å². The van der Waals surface area contributed by atoms with Crippen LogP contribution in [0.2, 0.25) is 5.02 Å². The molecule has 0 aliphatic rings. The minimum atomic E-state index is -0.931. The molecule has 0 fully saturated rings. The number of carboxylic acid groups (broad SMARTS) is 1. The van der Waals surface area contributed by atoms with Crippen molar-refractivity contribution in [3.8, 4) is 0 Å². The molecule has 0 radical (unpaired) electrons. The van der Waals surface area contributed by atoms with Gasteiger partial charge >= 0.3 is 5.97 Å². The van der Waals surface area contributed by atoms with E-state index >= 15 is 0 Å². The molecule has 0 spiro atoms. The third-order valence-electron chi connectivity index (χ3n) is 3.14. The largest absolute Gasteiger partial charge is 0.478 e. The summed E-state index contributed by atoms with van der Waals surface area (Å²) in [5.41, 5.74) is 1.82. The van der Waals surface area contributed by atoms with Crippen LogP contribution in [0.15, 0.2) is 48.8 Å². The van der Waals surface area contributed by atoms with Crippen LogP contribution in [0.4, 0.5) is 0 Å². The van der Waals surface area contributed by atoms with Gasteiger partial charge in [0.1, 0.15) is 0 Å². The molecule has 0 atom stereocenters. The monoisotopic (exact) mass is 286 g/mol. The molecule has 0 bridgehead atoms. The molecule has 0 amide bonds. The third kappa shape index (κ3) is 2.26. The number of rotatable bonds is 3. The zero-order valence-corrected chi connectivity index (χ0v) is 11.2. The normalized spacial score (nSPS) is 10.8. The molecule has 1 aromatic carbocycles. The molecule has 0 aliphatic heterocycles. The van der Waals surface area contributed by atoms with Crippen molar-refractivity contribution in [1.82, 2.24) is 9.55 Å². The van der Waals surface area contributed by atoms with Crippen LogP contribution in [0.25, 0.3) is 10.9 Å². The summed E-state index contributed by atoms with van der Waals surface area (Å²) in [7, 11) is 0. The van der Waals surface area contributed by atoms with Gasteiger partial charge < -0.3 is 9.67 Å². The second-order valence-electron chi connectivity index (χ2n) is 4.46. The van der Waals surface area contributed by atoms with Crippen LogP contribution in [-0.2, 0) is 6.54 Å². The van der Waals surface area contributed by atoms with E-state index in [0.29, 0.717) is 22.6 Å². The molecule has 0 saturated heterocycles. The van der Waals surface area contributed by atoms with Gasteiger partial charge in [0.2, 0.25) is 0 Å². The summed E-state index contributed by atoms with van der Waals surface area (Å²) >= 11 is 5.81. The van der Waals surface area contributed by atoms with Crippen LogP contribution < -0.4 is 0 Å². The molecule has 20 heavy (non-hydrogen) atoms. The van der Waals surface area contributed by atoms with Gasteiger partial charge in [-0.3, -0.25) is 4.98 Å². The average molecular weight is 287 g/mol. The number of nitrogens with zero attached hydrogens (tertiary/aromatic N) is 2. The van der Waals surface area contributed by atoms with Gasteiger partial charge in [0, 0.05) is 17.8 Å². The van der Waals surface area contributed by atoms with E-state index in [9.17, 15) is 9.90 Å². The minimum absolute atomic E-state index is 0.293. The summed E-state index contributed by atoms with van der Waals surface area (Å²) in [5, 5.41) is 10.8. The number of aromatic carboxylic acids is 1. The number of benzene rings is 1. The summed E-state index contributed by atoms with van der Waals surface area (Å²) in [4.78, 5) is 15.6. The Bertz CT molecular complexity index is 778. The second kappa shape index (κ2) is 4.98. The molecule has 4 nitrogen and oxygen atoms in total. The summed E-state index contributed by atoms with van der Waals surface area (Å²) in [6.07, 6.45) is 3.45. The standard InChI is InChI=1S/C15H11ClN2O2/c16-11-4-5-12(17-8-11)9-18-7-6-10-2-1-3-13(14(10)18)15(19)20/h1-8H,9H2,(H,19,20). The fourth-order valence-electron chi connectivity index (χ4n) is 2.24. The van der Waals surface area contributed by atoms with Crippen molar-refractivity contribution >= 4 is 28.5 Å². The van der Waals surface area contributed by atoms with E-state index in [1.54, 1.807) is 24.4 Å². The Balaban J connectivity index is 2.07. The molecule has 3 rings (SSSR count). The van der Waals surface area contributed by atoms with Crippen molar-refractivity contribution in [3.05, 3.63) is 65.1 Å². The average Bonchev–Trinajstić information content (AvgIpc) is 2.84. The van der Waals surface area contributed by atoms with Gasteiger partial charge in [-0.15, -0.1) is 0 Å². The van der Waals surface area contributed by atoms with Crippen molar-refractivity contribution in [3.63, 3.8) is 0 Å². The maximum absolute atomic E-state index is 11.3. The zero-order valence-electron chi connectivity index (χ0n) is 10.5. The highest BCUT2D eigenvalue weighted by Crippen LogP contribution is 2.21. The predicted octanol–water partition coefficient (Wildman–Crippen LogP) is 3.44. The fraction of sp³-hybridized carbons (Fsp3) is 0.0667. The maximum Gasteiger partial charge on any atom is 0.337 e. The maximum atomic E-state index is 11.3. The first kappa shape index (κ1) is 12.7. The van der Waals surface area contributed by atoms with Crippen molar-refractivity contribution in [2.45, 2.75) is 6.54 Å². The van der Waals surface area contributed by atoms with Crippen LogP contribution in [0.3, 0.4) is 0 Å². The van der Waals surface area contributed by atoms with Gasteiger partial charge in [0.15, 0.2) is 0 Å². The van der Waals surface area contributed by atoms with Gasteiger partial charge in [0.05, 0.1) is 28.3 Å². The molecule has 100 valence electrons. The molecule has 3 aromatic rings. The van der Waals surface area contributed by atoms with Gasteiger partial charge in [-0.2, -0.15) is 0 Å². The summed E-state index contributed by atoms with van der Waals surface area (Å²) in [6.45, 7) is 0.505. The van der Waals surface area contributed by atoms with E-state index in [2.05, 4.69) is 4.98 Å². The molecule has 2 heterocycles. The lowest BCUT2D eigenvalue weighted by molar-refractivity contribution is 0.0698. The topological polar surface area (TPSA) is 55.1 Å². The number of aromatic nitrogens is 2. The number of carbonyl (C=O) groups is 1. The Hall–Kier alpha value is -2.33. The Morgan fingerprint density at radius 3 is 2.80 bits per heavy atom. The summed E-state index contributed by atoms with van der Waals surface area (Å²) in [6, 6.07) is 10.8. The fourth-order valence-corrected chi connectivity index (χ4v) is 2.35. The number of hydrogen-bond acceptors (Lipinski definition) is 2. The Kier molecular flexibility index (Phi) is 3.16. The van der Waals surface area contributed by atoms with Gasteiger partial charge in [-0.25, -0.2) is 4.79 Å². The van der Waals surface area contributed by atoms with Crippen molar-refractivity contribution < 1.29 is 9.90 Å². The number of pyridine rings is 1. The van der Waals surface area contributed by atoms with E-state index in [-0.39, 0.29) is 0 Å². The minimum Gasteiger partial charge on any atom is -0.478 e. The first-order valence-electron chi connectivity index (χ1n) is 6.07. The van der Waals surface area contributed by atoms with Crippen molar-refractivity contribution in [2.24, 2.45) is 0 Å². The highest BCUT2D eigenvalue weighted by molar-refractivity contribution is 6.30. The molecule has 0 aliphatic carbocycles. The van der Waals surface area contributed by atoms with E-state index in [1.165, 1.54) is 0 Å². The molecule has 1 N–H and O–H groups in total. The lowest BCUT2D eigenvalue weighted by Crippen LogP contribution is -2.05. The molecule has 0 saturated carbocycles. The van der Waals surface area contributed by atoms with Crippen molar-refractivity contribution in [2.75, 3.05) is 0 Å². The number of hydrogen-bond donors (Lipinski definition) is 1. The van der Waals surface area contributed by atoms with Gasteiger partial charge in [-0.05, 0) is 24.3 Å². The second-order valence-corrected chi connectivity index (χ2v) is 4.90. The highest BCUT2D eigenvalue weighted by atomic mass is 35.5. The number of para-hydroxylation sites is 1. The number of carboxylic acids is 1. The Morgan fingerprint density at radius 1 is 1.25 bits per heavy atom. The van der Waals surface area contributed by atoms with E-state index in [4.69, 9.17) is 11.6 Å². The predicted molar refractivity (Wildman–Crippen MR) is 77.2 cm³/mol. The molecule has 5 heteroatoms. The van der Waals surface area contributed by atoms with E-state index < -0.39 is 5.97 Å². The molecular weight excluding hydrogens is 276 g/mol. The van der Waals surface area contributed by atoms with Crippen LogP contribution in [0.1, 0.15) is 16.1 Å². The Morgan fingerprint density at radius 2 is 2.10 bits per heavy atom. The molecule has 0 unspecified atom stereocenters. The number of halogens is 1.